The number of aryl methyl sites for hydroxylation is 1. The number of rotatable bonds is 4. The van der Waals surface area contributed by atoms with Crippen molar-refractivity contribution in [2.24, 2.45) is 0 Å². The van der Waals surface area contributed by atoms with Gasteiger partial charge in [-0.2, -0.15) is 0 Å². The van der Waals surface area contributed by atoms with Crippen LogP contribution in [0, 0.1) is 6.92 Å². The molecule has 3 aromatic heterocycles. The van der Waals surface area contributed by atoms with Gasteiger partial charge in [-0.15, -0.1) is 0 Å². The van der Waals surface area contributed by atoms with Crippen molar-refractivity contribution in [2.45, 2.75) is 20.1 Å². The van der Waals surface area contributed by atoms with E-state index in [2.05, 4.69) is 9.97 Å². The Labute approximate surface area is 158 Å². The van der Waals surface area contributed by atoms with Crippen LogP contribution in [0.25, 0.3) is 16.6 Å². The van der Waals surface area contributed by atoms with Gasteiger partial charge in [-0.1, -0.05) is 18.2 Å². The number of aromatic nitrogens is 4. The van der Waals surface area contributed by atoms with E-state index in [1.165, 1.54) is 21.4 Å². The topological polar surface area (TPSA) is 95.6 Å². The van der Waals surface area contributed by atoms with Gasteiger partial charge in [0.2, 0.25) is 0 Å². The maximum Gasteiger partial charge on any atom is 0.326 e. The minimum absolute atomic E-state index is 0.158. The number of pyridine rings is 1. The zero-order chi connectivity index (χ0) is 19.7. The molecule has 0 unspecified atom stereocenters. The van der Waals surface area contributed by atoms with Gasteiger partial charge in [-0.25, -0.2) is 9.97 Å². The molecule has 0 atom stereocenters. The SMILES string of the molecule is Cc1cccc2nc(COC(=O)Cn3cnc4ccccc4c3=O)cc(=O)n12. The van der Waals surface area contributed by atoms with Crippen LogP contribution < -0.4 is 11.1 Å². The van der Waals surface area contributed by atoms with Crippen LogP contribution in [0.4, 0.5) is 0 Å². The average Bonchev–Trinajstić information content (AvgIpc) is 2.68. The Morgan fingerprint density at radius 1 is 1.11 bits per heavy atom. The molecule has 8 nitrogen and oxygen atoms in total. The van der Waals surface area contributed by atoms with E-state index < -0.39 is 5.97 Å². The second-order valence-electron chi connectivity index (χ2n) is 6.30. The van der Waals surface area contributed by atoms with Crippen molar-refractivity contribution in [2.75, 3.05) is 0 Å². The molecule has 0 aliphatic carbocycles. The number of esters is 1. The number of fused-ring (bicyclic) bond motifs is 2. The van der Waals surface area contributed by atoms with E-state index in [1.54, 1.807) is 36.4 Å². The predicted octanol–water partition coefficient (Wildman–Crippen LogP) is 1.46. The van der Waals surface area contributed by atoms with Gasteiger partial charge in [0.15, 0.2) is 0 Å². The highest BCUT2D eigenvalue weighted by atomic mass is 16.5. The second kappa shape index (κ2) is 7.07. The van der Waals surface area contributed by atoms with E-state index in [-0.39, 0.29) is 24.3 Å². The molecule has 4 rings (SSSR count). The molecule has 140 valence electrons. The van der Waals surface area contributed by atoms with Gasteiger partial charge < -0.3 is 4.74 Å². The minimum atomic E-state index is -0.620. The van der Waals surface area contributed by atoms with Gasteiger partial charge in [0.1, 0.15) is 18.8 Å². The number of hydrogen-bond acceptors (Lipinski definition) is 6. The summed E-state index contributed by atoms with van der Waals surface area (Å²) in [4.78, 5) is 45.3. The van der Waals surface area contributed by atoms with E-state index in [9.17, 15) is 14.4 Å². The molecule has 8 heteroatoms. The summed E-state index contributed by atoms with van der Waals surface area (Å²) in [7, 11) is 0. The summed E-state index contributed by atoms with van der Waals surface area (Å²) in [6, 6.07) is 13.5. The fourth-order valence-electron chi connectivity index (χ4n) is 3.00. The molecule has 4 aromatic rings. The van der Waals surface area contributed by atoms with Crippen LogP contribution in [0.2, 0.25) is 0 Å². The highest BCUT2D eigenvalue weighted by Crippen LogP contribution is 2.06. The lowest BCUT2D eigenvalue weighted by Crippen LogP contribution is -2.26. The molecule has 0 radical (unpaired) electrons. The lowest BCUT2D eigenvalue weighted by Gasteiger charge is -2.09. The van der Waals surface area contributed by atoms with Gasteiger partial charge in [0.05, 0.1) is 22.9 Å². The first-order valence-electron chi connectivity index (χ1n) is 8.61. The third-order valence-electron chi connectivity index (χ3n) is 4.35. The number of nitrogens with zero attached hydrogens (tertiary/aromatic N) is 4. The molecule has 1 aromatic carbocycles. The predicted molar refractivity (Wildman–Crippen MR) is 102 cm³/mol. The smallest absolute Gasteiger partial charge is 0.326 e. The van der Waals surface area contributed by atoms with Crippen LogP contribution in [-0.4, -0.2) is 24.9 Å². The molecule has 0 aliphatic heterocycles. The summed E-state index contributed by atoms with van der Waals surface area (Å²) in [6.07, 6.45) is 1.31. The Kier molecular flexibility index (Phi) is 4.44. The summed E-state index contributed by atoms with van der Waals surface area (Å²) in [5.41, 5.74) is 1.58. The van der Waals surface area contributed by atoms with Gasteiger partial charge >= 0.3 is 5.97 Å². The summed E-state index contributed by atoms with van der Waals surface area (Å²) in [6.45, 7) is 1.38. The van der Waals surface area contributed by atoms with Crippen molar-refractivity contribution in [3.63, 3.8) is 0 Å². The van der Waals surface area contributed by atoms with Crippen LogP contribution in [0.5, 0.6) is 0 Å². The highest BCUT2D eigenvalue weighted by Gasteiger charge is 2.11. The van der Waals surface area contributed by atoms with Crippen molar-refractivity contribution in [1.82, 2.24) is 18.9 Å². The Hall–Kier alpha value is -3.81. The largest absolute Gasteiger partial charge is 0.458 e. The Morgan fingerprint density at radius 2 is 1.93 bits per heavy atom. The fraction of sp³-hybridized carbons (Fsp3) is 0.150. The van der Waals surface area contributed by atoms with E-state index in [0.717, 1.165) is 5.69 Å². The fourth-order valence-corrected chi connectivity index (χ4v) is 3.00. The molecule has 0 fully saturated rings. The van der Waals surface area contributed by atoms with Crippen molar-refractivity contribution in [3.05, 3.63) is 87.0 Å². The van der Waals surface area contributed by atoms with Crippen LogP contribution in [0.3, 0.4) is 0 Å². The molecule has 0 aliphatic rings. The standard InChI is InChI=1S/C20H16N4O4/c1-13-5-4-8-17-22-14(9-18(25)24(13)17)11-28-19(26)10-23-12-21-16-7-3-2-6-15(16)20(23)27/h2-9,12H,10-11H2,1H3. The molecule has 0 amide bonds. The Bertz CT molecular complexity index is 1320. The Balaban J connectivity index is 1.51. The van der Waals surface area contributed by atoms with Crippen molar-refractivity contribution >= 4 is 22.5 Å². The molecular weight excluding hydrogens is 360 g/mol. The highest BCUT2D eigenvalue weighted by molar-refractivity contribution is 5.77. The summed E-state index contributed by atoms with van der Waals surface area (Å²) < 4.78 is 7.87. The number of hydrogen-bond donors (Lipinski definition) is 0. The first-order valence-corrected chi connectivity index (χ1v) is 8.61. The first-order chi connectivity index (χ1) is 13.5. The maximum absolute atomic E-state index is 12.4. The minimum Gasteiger partial charge on any atom is -0.458 e. The van der Waals surface area contributed by atoms with Crippen molar-refractivity contribution < 1.29 is 9.53 Å². The van der Waals surface area contributed by atoms with Crippen molar-refractivity contribution in [1.29, 1.82) is 0 Å². The first kappa shape index (κ1) is 17.6. The van der Waals surface area contributed by atoms with E-state index in [0.29, 0.717) is 22.2 Å². The number of para-hydroxylation sites is 1. The average molecular weight is 376 g/mol. The number of carbonyl (C=O) groups is 1. The van der Waals surface area contributed by atoms with Gasteiger partial charge in [-0.3, -0.25) is 23.4 Å². The Morgan fingerprint density at radius 3 is 2.79 bits per heavy atom. The number of carbonyl (C=O) groups excluding carboxylic acids is 1. The summed E-state index contributed by atoms with van der Waals surface area (Å²) in [5, 5.41) is 0.428. The summed E-state index contributed by atoms with van der Waals surface area (Å²) >= 11 is 0. The third-order valence-corrected chi connectivity index (χ3v) is 4.35. The molecule has 0 bridgehead atoms. The van der Waals surface area contributed by atoms with Crippen molar-refractivity contribution in [3.8, 4) is 0 Å². The molecule has 28 heavy (non-hydrogen) atoms. The van der Waals surface area contributed by atoms with Gasteiger partial charge in [-0.05, 0) is 31.2 Å². The molecule has 3 heterocycles. The van der Waals surface area contributed by atoms with Crippen LogP contribution >= 0.6 is 0 Å². The molecule has 0 saturated carbocycles. The van der Waals surface area contributed by atoms with E-state index in [1.807, 2.05) is 13.0 Å². The van der Waals surface area contributed by atoms with E-state index in [4.69, 9.17) is 4.74 Å². The lowest BCUT2D eigenvalue weighted by atomic mass is 10.2. The molecule has 0 saturated heterocycles. The third kappa shape index (κ3) is 3.27. The van der Waals surface area contributed by atoms with Gasteiger partial charge in [0, 0.05) is 11.8 Å². The quantitative estimate of drug-likeness (QED) is 0.501. The van der Waals surface area contributed by atoms with Crippen LogP contribution in [-0.2, 0) is 22.7 Å². The second-order valence-corrected chi connectivity index (χ2v) is 6.30. The number of ether oxygens (including phenoxy) is 1. The lowest BCUT2D eigenvalue weighted by molar-refractivity contribution is -0.145. The monoisotopic (exact) mass is 376 g/mol. The van der Waals surface area contributed by atoms with E-state index >= 15 is 0 Å². The van der Waals surface area contributed by atoms with Gasteiger partial charge in [0.25, 0.3) is 11.1 Å². The number of benzene rings is 1. The zero-order valence-electron chi connectivity index (χ0n) is 15.0. The maximum atomic E-state index is 12.4. The molecule has 0 N–H and O–H groups in total. The summed E-state index contributed by atoms with van der Waals surface area (Å²) in [5.74, 6) is -0.620. The molecule has 0 spiro atoms. The normalized spacial score (nSPS) is 11.0. The molecular formula is C20H16N4O4. The van der Waals surface area contributed by atoms with Crippen LogP contribution in [0.15, 0.2) is 64.4 Å². The zero-order valence-corrected chi connectivity index (χ0v) is 15.0. The van der Waals surface area contributed by atoms with Crippen LogP contribution in [0.1, 0.15) is 11.4 Å².